The smallest absolute Gasteiger partial charge is 0.254 e. The third-order valence-corrected chi connectivity index (χ3v) is 2.96. The van der Waals surface area contributed by atoms with Gasteiger partial charge in [-0.05, 0) is 31.4 Å². The van der Waals surface area contributed by atoms with Crippen LogP contribution in [0.1, 0.15) is 18.4 Å². The molecule has 0 spiro atoms. The number of thiol groups is 1. The molecule has 2 N–H and O–H groups in total. The van der Waals surface area contributed by atoms with Gasteiger partial charge in [-0.3, -0.25) is 4.79 Å². The number of hydrogen-bond acceptors (Lipinski definition) is 5. The Morgan fingerprint density at radius 2 is 2.22 bits per heavy atom. The molecule has 1 rings (SSSR count). The van der Waals surface area contributed by atoms with Gasteiger partial charge in [0.15, 0.2) is 0 Å². The lowest BCUT2D eigenvalue weighted by Gasteiger charge is -2.10. The van der Waals surface area contributed by atoms with Gasteiger partial charge in [-0.25, -0.2) is 13.4 Å². The number of rotatable bonds is 6. The SMILES string of the molecule is Cc1ccc(NC(=O)C(O)CCC[SH](=O)=O)nc1. The van der Waals surface area contributed by atoms with Gasteiger partial charge in [0.05, 0.1) is 0 Å². The van der Waals surface area contributed by atoms with Gasteiger partial charge in [0, 0.05) is 11.9 Å². The van der Waals surface area contributed by atoms with Crippen molar-refractivity contribution >= 4 is 22.4 Å². The molecule has 18 heavy (non-hydrogen) atoms. The zero-order chi connectivity index (χ0) is 13.5. The summed E-state index contributed by atoms with van der Waals surface area (Å²) in [6.45, 7) is 1.87. The van der Waals surface area contributed by atoms with Gasteiger partial charge in [0.1, 0.15) is 22.6 Å². The maximum absolute atomic E-state index is 11.5. The van der Waals surface area contributed by atoms with Crippen LogP contribution in [0.25, 0.3) is 0 Å². The standard InChI is InChI=1S/C11H16N2O4S/c1-8-4-5-10(12-7-8)13-11(15)9(14)3-2-6-18(16)17/h4-5,7,9,14,18H,2-3,6H2,1H3,(H,12,13,15). The number of hydrogen-bond donors (Lipinski definition) is 3. The number of amides is 1. The van der Waals surface area contributed by atoms with Gasteiger partial charge in [-0.2, -0.15) is 0 Å². The molecule has 100 valence electrons. The van der Waals surface area contributed by atoms with E-state index in [-0.39, 0.29) is 18.6 Å². The third-order valence-electron chi connectivity index (χ3n) is 2.28. The molecule has 0 fully saturated rings. The predicted octanol–water partition coefficient (Wildman–Crippen LogP) is 0.0810. The van der Waals surface area contributed by atoms with Crippen LogP contribution in [-0.2, 0) is 15.5 Å². The van der Waals surface area contributed by atoms with E-state index in [2.05, 4.69) is 10.3 Å². The molecule has 0 aliphatic carbocycles. The van der Waals surface area contributed by atoms with Crippen LogP contribution in [-0.4, -0.2) is 36.3 Å². The predicted molar refractivity (Wildman–Crippen MR) is 68.0 cm³/mol. The van der Waals surface area contributed by atoms with Crippen LogP contribution in [0.3, 0.4) is 0 Å². The average molecular weight is 272 g/mol. The molecule has 1 aromatic heterocycles. The van der Waals surface area contributed by atoms with E-state index >= 15 is 0 Å². The Bertz CT molecular complexity index is 462. The minimum Gasteiger partial charge on any atom is -0.383 e. The molecule has 1 atom stereocenters. The normalized spacial score (nSPS) is 12.4. The van der Waals surface area contributed by atoms with Crippen LogP contribution < -0.4 is 5.32 Å². The van der Waals surface area contributed by atoms with Gasteiger partial charge in [-0.1, -0.05) is 6.07 Å². The van der Waals surface area contributed by atoms with Crippen molar-refractivity contribution in [1.82, 2.24) is 4.98 Å². The van der Waals surface area contributed by atoms with Crippen LogP contribution in [0.15, 0.2) is 18.3 Å². The molecule has 0 radical (unpaired) electrons. The molecular weight excluding hydrogens is 256 g/mol. The fraction of sp³-hybridized carbons (Fsp3) is 0.455. The van der Waals surface area contributed by atoms with E-state index in [1.54, 1.807) is 18.3 Å². The summed E-state index contributed by atoms with van der Waals surface area (Å²) in [5.41, 5.74) is 0.966. The van der Waals surface area contributed by atoms with Crippen LogP contribution in [0, 0.1) is 6.92 Å². The first-order chi connectivity index (χ1) is 8.49. The van der Waals surface area contributed by atoms with Gasteiger partial charge in [0.25, 0.3) is 5.91 Å². The summed E-state index contributed by atoms with van der Waals surface area (Å²) in [5, 5.41) is 12.0. The molecule has 7 heteroatoms. The first-order valence-electron chi connectivity index (χ1n) is 5.52. The number of pyridine rings is 1. The fourth-order valence-corrected chi connectivity index (χ4v) is 1.74. The van der Waals surface area contributed by atoms with Crippen molar-refractivity contribution in [1.29, 1.82) is 0 Å². The highest BCUT2D eigenvalue weighted by Crippen LogP contribution is 2.06. The lowest BCUT2D eigenvalue weighted by Crippen LogP contribution is -2.28. The minimum absolute atomic E-state index is 0.0253. The van der Waals surface area contributed by atoms with Crippen LogP contribution >= 0.6 is 0 Å². The molecule has 0 aliphatic rings. The lowest BCUT2D eigenvalue weighted by atomic mass is 10.2. The summed E-state index contributed by atoms with van der Waals surface area (Å²) in [7, 11) is -2.46. The highest BCUT2D eigenvalue weighted by Gasteiger charge is 2.15. The number of aliphatic hydroxyl groups excluding tert-OH is 1. The second kappa shape index (κ2) is 7.07. The van der Waals surface area contributed by atoms with Crippen molar-refractivity contribution in [3.63, 3.8) is 0 Å². The summed E-state index contributed by atoms with van der Waals surface area (Å²) in [4.78, 5) is 15.5. The third kappa shape index (κ3) is 5.24. The molecular formula is C11H16N2O4S. The van der Waals surface area contributed by atoms with E-state index in [4.69, 9.17) is 0 Å². The molecule has 0 aromatic carbocycles. The number of carbonyl (C=O) groups is 1. The monoisotopic (exact) mass is 272 g/mol. The van der Waals surface area contributed by atoms with E-state index < -0.39 is 22.7 Å². The first-order valence-corrected chi connectivity index (χ1v) is 6.88. The van der Waals surface area contributed by atoms with Crippen LogP contribution in [0.2, 0.25) is 0 Å². The zero-order valence-electron chi connectivity index (χ0n) is 10.00. The summed E-state index contributed by atoms with van der Waals surface area (Å²) >= 11 is 0. The molecule has 1 heterocycles. The van der Waals surface area contributed by atoms with E-state index in [0.29, 0.717) is 5.82 Å². The van der Waals surface area contributed by atoms with Crippen molar-refractivity contribution in [3.8, 4) is 0 Å². The number of nitrogens with zero attached hydrogens (tertiary/aromatic N) is 1. The summed E-state index contributed by atoms with van der Waals surface area (Å²) in [5.74, 6) is -0.241. The molecule has 1 unspecified atom stereocenters. The Labute approximate surface area is 107 Å². The molecule has 1 aromatic rings. The van der Waals surface area contributed by atoms with E-state index in [1.165, 1.54) is 0 Å². The topological polar surface area (TPSA) is 96.4 Å². The quantitative estimate of drug-likeness (QED) is 0.637. The van der Waals surface area contributed by atoms with E-state index in [0.717, 1.165) is 5.56 Å². The second-order valence-electron chi connectivity index (χ2n) is 3.92. The van der Waals surface area contributed by atoms with Gasteiger partial charge in [-0.15, -0.1) is 0 Å². The number of nitrogens with one attached hydrogen (secondary N) is 1. The summed E-state index contributed by atoms with van der Waals surface area (Å²) < 4.78 is 20.6. The van der Waals surface area contributed by atoms with Gasteiger partial charge >= 0.3 is 0 Å². The highest BCUT2D eigenvalue weighted by molar-refractivity contribution is 7.72. The Morgan fingerprint density at radius 1 is 1.50 bits per heavy atom. The molecule has 0 bridgehead atoms. The van der Waals surface area contributed by atoms with E-state index in [1.807, 2.05) is 6.92 Å². The number of anilines is 1. The molecule has 6 nitrogen and oxygen atoms in total. The van der Waals surface area contributed by atoms with Crippen molar-refractivity contribution in [2.75, 3.05) is 11.1 Å². The van der Waals surface area contributed by atoms with Crippen molar-refractivity contribution in [2.45, 2.75) is 25.9 Å². The van der Waals surface area contributed by atoms with Crippen molar-refractivity contribution in [2.24, 2.45) is 0 Å². The maximum atomic E-state index is 11.5. The van der Waals surface area contributed by atoms with Gasteiger partial charge in [0.2, 0.25) is 0 Å². The van der Waals surface area contributed by atoms with Crippen LogP contribution in [0.4, 0.5) is 5.82 Å². The fourth-order valence-electron chi connectivity index (χ4n) is 1.30. The first kappa shape index (κ1) is 14.6. The number of aromatic nitrogens is 1. The van der Waals surface area contributed by atoms with Crippen molar-refractivity contribution in [3.05, 3.63) is 23.9 Å². The second-order valence-corrected chi connectivity index (χ2v) is 5.04. The largest absolute Gasteiger partial charge is 0.383 e. The van der Waals surface area contributed by atoms with E-state index in [9.17, 15) is 18.3 Å². The van der Waals surface area contributed by atoms with Crippen LogP contribution in [0.5, 0.6) is 0 Å². The Morgan fingerprint density at radius 3 is 2.78 bits per heavy atom. The average Bonchev–Trinajstić information content (AvgIpc) is 2.31. The summed E-state index contributed by atoms with van der Waals surface area (Å²) in [6, 6.07) is 3.42. The molecule has 1 amide bonds. The maximum Gasteiger partial charge on any atom is 0.254 e. The minimum atomic E-state index is -2.46. The van der Waals surface area contributed by atoms with Gasteiger partial charge < -0.3 is 10.4 Å². The van der Waals surface area contributed by atoms with Crippen molar-refractivity contribution < 1.29 is 18.3 Å². The molecule has 0 saturated carbocycles. The zero-order valence-corrected chi connectivity index (χ0v) is 10.9. The lowest BCUT2D eigenvalue weighted by molar-refractivity contribution is -0.124. The highest BCUT2D eigenvalue weighted by atomic mass is 32.2. The summed E-state index contributed by atoms with van der Waals surface area (Å²) in [6.07, 6.45) is 0.753. The number of carbonyl (C=O) groups excluding carboxylic acids is 1. The molecule has 0 aliphatic heterocycles. The number of aryl methyl sites for hydroxylation is 1. The Balaban J connectivity index is 2.42. The number of aliphatic hydroxyl groups is 1. The molecule has 0 saturated heterocycles. The Kier molecular flexibility index (Phi) is 5.73. The Hall–Kier alpha value is -1.47.